The molecule has 0 bridgehead atoms. The third kappa shape index (κ3) is 29.2. The van der Waals surface area contributed by atoms with Gasteiger partial charge in [-0.3, -0.25) is 86.9 Å². The number of carbonyl (C=O) groups excluding carboxylic acids is 16. The van der Waals surface area contributed by atoms with Crippen molar-refractivity contribution in [3.63, 3.8) is 0 Å². The Morgan fingerprint density at radius 2 is 1.15 bits per heavy atom. The number of rotatable bonds is 26. The Labute approximate surface area is 784 Å². The van der Waals surface area contributed by atoms with Crippen molar-refractivity contribution in [2.75, 3.05) is 65.4 Å². The Morgan fingerprint density at radius 1 is 0.570 bits per heavy atom. The van der Waals surface area contributed by atoms with E-state index >= 15 is 38.4 Å². The fraction of sp³-hybridized carbons (Fsp3) is 0.527. The molecule has 3 aliphatic rings. The highest BCUT2D eigenvalue weighted by molar-refractivity contribution is 8.00. The van der Waals surface area contributed by atoms with E-state index < -0.39 is 247 Å². The van der Waals surface area contributed by atoms with Crippen LogP contribution in [-0.4, -0.2) is 316 Å². The van der Waals surface area contributed by atoms with Gasteiger partial charge in [0.25, 0.3) is 0 Å². The third-order valence-electron chi connectivity index (χ3n) is 24.6. The van der Waals surface area contributed by atoms with Crippen molar-refractivity contribution in [3.05, 3.63) is 120 Å². The van der Waals surface area contributed by atoms with Gasteiger partial charge in [-0.05, 0) is 106 Å². The first-order valence-electron chi connectivity index (χ1n) is 45.5. The third-order valence-corrected chi connectivity index (χ3v) is 25.6. The van der Waals surface area contributed by atoms with E-state index in [1.807, 2.05) is 13.8 Å². The molecule has 6 heterocycles. The van der Waals surface area contributed by atoms with Crippen LogP contribution >= 0.6 is 11.8 Å². The molecule has 0 aliphatic carbocycles. The number of phenolic OH excluding ortho intramolecular Hbond substituents is 1. The Kier molecular flexibility index (Phi) is 39.4. The summed E-state index contributed by atoms with van der Waals surface area (Å²) in [5, 5.41) is 67.6. The number of aromatic nitrogens is 4. The standard InChI is InChI=1S/C91H127N23O20S/c1-8-11-24-70-84(128)104-63(23-17-33-97-91(94)95)82(126)109-69(80(124)100-45-75(93)118)47-135-48-76(119)102-66(35-51-27-29-56(115)30-28-51)86(130)110(5)50(4)78(122)108-68(41-92)89(133)113-34-18-26-71(113)85(129)106-65(39-55-44-96-49-101-55)83(127)105-64(31-32-77(120)121)88(132)114-46-57(116)40-73(114)74(117)38-52(36-53-42-98-61-21-15-13-19-58(53)61)79(123)103-60(10-3)81(125)107-67(37-54-43-99-62-22-16-14-20-59(54)62)87(131)112(7)72(25-12-9-2)90(134)111(70)6/h13-16,19-22,27-30,42-44,49-50,52,57,60,63-73,98-99,115-116H,8-12,17-18,23-26,31-41,45-48,92H2,1-7H3,(H2,93,118)(H,96,101)(H,100,124)(H,102,119)(H,103,123)(H,104,128)(H,105,127)(H,106,129)(H,107,125)(H,108,122)(H,109,126)(H,120,121)(H4,94,95,97)/t50-,52+,57+,60-,63-,64-,65-,66-,67-,68-,69-,70-,71-,72-,73-/m0/s1. The van der Waals surface area contributed by atoms with Crippen LogP contribution in [0, 0.1) is 11.3 Å². The number of nitrogens with zero attached hydrogens (tertiary/aromatic N) is 6. The van der Waals surface area contributed by atoms with Crippen LogP contribution in [0.5, 0.6) is 5.75 Å². The molecule has 6 aromatic rings. The van der Waals surface area contributed by atoms with Crippen LogP contribution in [0.4, 0.5) is 0 Å². The summed E-state index contributed by atoms with van der Waals surface area (Å²) in [6, 6.07) is 0.382. The highest BCUT2D eigenvalue weighted by Gasteiger charge is 2.47. The number of para-hydroxylation sites is 2. The number of aromatic amines is 3. The minimum absolute atomic E-state index is 0.0000741. The van der Waals surface area contributed by atoms with E-state index in [1.54, 1.807) is 67.8 Å². The van der Waals surface area contributed by atoms with Crippen LogP contribution in [0.1, 0.15) is 146 Å². The van der Waals surface area contributed by atoms with Crippen molar-refractivity contribution in [2.45, 2.75) is 234 Å². The molecule has 732 valence electrons. The average Bonchev–Trinajstić information content (AvgIpc) is 1.67. The minimum Gasteiger partial charge on any atom is -0.508 e. The van der Waals surface area contributed by atoms with Crippen LogP contribution in [0.15, 0.2) is 97.7 Å². The van der Waals surface area contributed by atoms with E-state index in [1.165, 1.54) is 74.7 Å². The van der Waals surface area contributed by atoms with Crippen molar-refractivity contribution >= 4 is 140 Å². The summed E-state index contributed by atoms with van der Waals surface area (Å²) in [5.41, 5.74) is 20.4. The number of aromatic hydroxyl groups is 1. The number of Topliss-reactive ketones (excluding diaryl/α,β-unsaturated/α-hetero) is 1. The number of nitrogens with two attached hydrogens (primary N) is 3. The number of hydrogen-bond acceptors (Lipinski definition) is 23. The van der Waals surface area contributed by atoms with Crippen molar-refractivity contribution in [1.29, 1.82) is 5.41 Å². The summed E-state index contributed by atoms with van der Waals surface area (Å²) < 4.78 is 0. The molecule has 15 amide bonds. The number of aliphatic hydroxyl groups excluding tert-OH is 1. The number of H-pyrrole nitrogens is 3. The van der Waals surface area contributed by atoms with E-state index in [4.69, 9.17) is 22.6 Å². The summed E-state index contributed by atoms with van der Waals surface area (Å²) in [4.78, 5) is 269. The lowest BCUT2D eigenvalue weighted by molar-refractivity contribution is -0.149. The number of imidazole rings is 1. The summed E-state index contributed by atoms with van der Waals surface area (Å²) in [5.74, 6) is -18.4. The number of benzene rings is 3. The second kappa shape index (κ2) is 50.5. The Morgan fingerprint density at radius 3 is 1.77 bits per heavy atom. The van der Waals surface area contributed by atoms with Crippen molar-refractivity contribution in [3.8, 4) is 5.75 Å². The van der Waals surface area contributed by atoms with Gasteiger partial charge in [-0.1, -0.05) is 95.0 Å². The highest BCUT2D eigenvalue weighted by atomic mass is 32.2. The number of unbranched alkanes of at least 4 members (excludes halogenated alkanes) is 2. The number of hydrogen-bond donors (Lipinski definition) is 20. The predicted octanol–water partition coefficient (Wildman–Crippen LogP) is -1.52. The van der Waals surface area contributed by atoms with Crippen LogP contribution < -0.4 is 70.4 Å². The number of primary amides is 1. The zero-order valence-corrected chi connectivity index (χ0v) is 77.7. The van der Waals surface area contributed by atoms with Crippen molar-refractivity contribution in [2.24, 2.45) is 23.1 Å². The van der Waals surface area contributed by atoms with Gasteiger partial charge in [-0.15, -0.1) is 11.8 Å². The van der Waals surface area contributed by atoms with E-state index in [9.17, 15) is 58.5 Å². The molecule has 135 heavy (non-hydrogen) atoms. The van der Waals surface area contributed by atoms with Gasteiger partial charge in [0.15, 0.2) is 11.7 Å². The second-order valence-electron chi connectivity index (χ2n) is 34.4. The minimum atomic E-state index is -1.77. The molecule has 0 unspecified atom stereocenters. The molecule has 3 aromatic carbocycles. The molecule has 0 radical (unpaired) electrons. The maximum absolute atomic E-state index is 15.8. The topological polar surface area (TPSA) is 650 Å². The molecule has 3 saturated heterocycles. The lowest BCUT2D eigenvalue weighted by atomic mass is 9.90. The molecular weight excluding hydrogens is 1770 g/mol. The van der Waals surface area contributed by atoms with E-state index in [0.717, 1.165) is 26.5 Å². The summed E-state index contributed by atoms with van der Waals surface area (Å²) >= 11 is 0.780. The monoisotopic (exact) mass is 1890 g/mol. The quantitative estimate of drug-likeness (QED) is 0.0167. The lowest BCUT2D eigenvalue weighted by Crippen LogP contribution is -2.61. The Hall–Kier alpha value is -13.5. The zero-order valence-electron chi connectivity index (χ0n) is 76.9. The highest BCUT2D eigenvalue weighted by Crippen LogP contribution is 2.30. The summed E-state index contributed by atoms with van der Waals surface area (Å²) in [6.07, 6.45) is 2.97. The number of carbonyl (C=O) groups is 17. The summed E-state index contributed by atoms with van der Waals surface area (Å²) in [7, 11) is 4.00. The Balaban J connectivity index is 1.10. The first-order chi connectivity index (χ1) is 64.4. The normalized spacial score (nSPS) is 24.8. The van der Waals surface area contributed by atoms with E-state index in [2.05, 4.69) is 73.1 Å². The predicted molar refractivity (Wildman–Crippen MR) is 497 cm³/mol. The van der Waals surface area contributed by atoms with Gasteiger partial charge in [-0.25, -0.2) is 4.98 Å². The van der Waals surface area contributed by atoms with Crippen LogP contribution in [0.25, 0.3) is 21.8 Å². The number of guanidine groups is 1. The SMILES string of the molecule is CCCC[C@H]1C(=O)N(C)[C@@H](CCCC)C(=O)N[C@@H](CCCNC(=N)N)C(=O)N[C@H](C(=O)NCC(N)=O)CSCC(=O)N[C@@H](Cc2ccc(O)cc2)C(=O)N(C)[C@@H](C)C(=O)N[C@@H](CN)C(=O)N2CCC[C@H]2C(=O)N[C@@H](Cc2c[nH]cn2)C(=O)N[C@@H](CCC(=O)O)C(=O)N2C[C@H](O)C[C@H]2C(=O)C[C@@H](Cc2c[nH]c3ccccc23)C(=O)N[C@@H](CC)C(=O)N[C@@H](Cc2c[nH]c3ccccc23)C(=O)N1C. The number of ketones is 1. The number of aliphatic carboxylic acids is 1. The largest absolute Gasteiger partial charge is 0.508 e. The molecule has 3 aromatic heterocycles. The molecule has 44 heteroatoms. The van der Waals surface area contributed by atoms with Gasteiger partial charge in [0.2, 0.25) is 88.6 Å². The number of carboxylic acid groups (broad SMARTS) is 1. The number of phenols is 1. The van der Waals surface area contributed by atoms with Crippen molar-refractivity contribution in [1.82, 2.24) is 97.6 Å². The molecule has 15 atom stereocenters. The maximum atomic E-state index is 15.8. The molecule has 3 aliphatic heterocycles. The Bertz CT molecular complexity index is 5210. The number of nitrogens with one attached hydrogen (secondary N) is 14. The van der Waals surface area contributed by atoms with Crippen LogP contribution in [0.2, 0.25) is 0 Å². The molecular formula is C91H127N23O20S. The average molecular weight is 1900 g/mol. The fourth-order valence-electron chi connectivity index (χ4n) is 16.9. The van der Waals surface area contributed by atoms with Crippen LogP contribution in [-0.2, 0) is 107 Å². The smallest absolute Gasteiger partial charge is 0.303 e. The fourth-order valence-corrected chi connectivity index (χ4v) is 17.7. The van der Waals surface area contributed by atoms with Crippen LogP contribution in [0.3, 0.4) is 0 Å². The van der Waals surface area contributed by atoms with Gasteiger partial charge in [0, 0.05) is 138 Å². The molecule has 9 rings (SSSR count). The van der Waals surface area contributed by atoms with Gasteiger partial charge in [-0.2, -0.15) is 0 Å². The lowest BCUT2D eigenvalue weighted by Gasteiger charge is -2.36. The van der Waals surface area contributed by atoms with Gasteiger partial charge in [0.1, 0.15) is 78.3 Å². The maximum Gasteiger partial charge on any atom is 0.303 e. The van der Waals surface area contributed by atoms with Crippen molar-refractivity contribution < 1.29 is 96.8 Å². The second-order valence-corrected chi connectivity index (χ2v) is 35.4. The number of amides is 15. The first kappa shape index (κ1) is 105. The molecule has 0 spiro atoms. The van der Waals surface area contributed by atoms with E-state index in [-0.39, 0.29) is 102 Å². The summed E-state index contributed by atoms with van der Waals surface area (Å²) in [6.45, 7) is 4.77. The van der Waals surface area contributed by atoms with Gasteiger partial charge >= 0.3 is 5.97 Å². The molecule has 3 fully saturated rings. The number of aliphatic hydroxyl groups is 1. The number of fused-ring (bicyclic) bond motifs is 4. The molecule has 0 saturated carbocycles. The zero-order chi connectivity index (χ0) is 98.4. The van der Waals surface area contributed by atoms with E-state index in [0.29, 0.717) is 64.2 Å². The number of carboxylic acids is 1. The first-order valence-corrected chi connectivity index (χ1v) is 46.6. The van der Waals surface area contributed by atoms with Gasteiger partial charge < -0.3 is 125 Å². The molecule has 23 N–H and O–H groups in total. The van der Waals surface area contributed by atoms with Gasteiger partial charge in [0.05, 0.1) is 36.5 Å². The number of thioether (sulfide) groups is 1. The number of likely N-dealkylation sites (N-methyl/N-ethyl adjacent to an activating group) is 3. The molecule has 43 nitrogen and oxygen atoms in total.